The van der Waals surface area contributed by atoms with Crippen molar-refractivity contribution in [2.75, 3.05) is 13.4 Å². The Labute approximate surface area is 170 Å². The van der Waals surface area contributed by atoms with Crippen molar-refractivity contribution in [1.29, 1.82) is 0 Å². The van der Waals surface area contributed by atoms with Gasteiger partial charge >= 0.3 is 5.97 Å². The van der Waals surface area contributed by atoms with Gasteiger partial charge in [-0.25, -0.2) is 4.79 Å². The standard InChI is InChI=1S/C22H27NO4S/c1-16(24)23-19(21(25)27-2)14-15-20(28-3)22(26,17-10-6-4-7-11-17)18-12-8-5-9-13-18/h4-13,19-20,26H,14-15H2,1-3H3,(H,23,24). The van der Waals surface area contributed by atoms with Crippen molar-refractivity contribution >= 4 is 23.6 Å². The minimum atomic E-state index is -1.24. The molecule has 28 heavy (non-hydrogen) atoms. The number of hydrogen-bond donors (Lipinski definition) is 2. The molecule has 2 aromatic carbocycles. The van der Waals surface area contributed by atoms with Crippen LogP contribution in [-0.2, 0) is 19.9 Å². The summed E-state index contributed by atoms with van der Waals surface area (Å²) in [5, 5.41) is 14.3. The molecule has 0 radical (unpaired) electrons. The first-order chi connectivity index (χ1) is 13.4. The fourth-order valence-electron chi connectivity index (χ4n) is 3.37. The lowest BCUT2D eigenvalue weighted by molar-refractivity contribution is -0.145. The summed E-state index contributed by atoms with van der Waals surface area (Å²) in [5.74, 6) is -0.782. The van der Waals surface area contributed by atoms with Crippen molar-refractivity contribution in [3.8, 4) is 0 Å². The quantitative estimate of drug-likeness (QED) is 0.632. The fourth-order valence-corrected chi connectivity index (χ4v) is 4.36. The van der Waals surface area contributed by atoms with E-state index in [1.807, 2.05) is 66.9 Å². The second kappa shape index (κ2) is 10.3. The van der Waals surface area contributed by atoms with Crippen LogP contribution in [0.15, 0.2) is 60.7 Å². The second-order valence-electron chi connectivity index (χ2n) is 6.58. The highest BCUT2D eigenvalue weighted by Crippen LogP contribution is 2.40. The predicted octanol–water partition coefficient (Wildman–Crippen LogP) is 3.11. The van der Waals surface area contributed by atoms with Crippen molar-refractivity contribution in [3.05, 3.63) is 71.8 Å². The monoisotopic (exact) mass is 401 g/mol. The molecule has 0 aliphatic heterocycles. The predicted molar refractivity (Wildman–Crippen MR) is 112 cm³/mol. The Bertz CT molecular complexity index is 727. The number of benzene rings is 2. The van der Waals surface area contributed by atoms with Gasteiger partial charge in [-0.05, 0) is 30.2 Å². The van der Waals surface area contributed by atoms with Gasteiger partial charge in [-0.1, -0.05) is 60.7 Å². The van der Waals surface area contributed by atoms with Gasteiger partial charge in [-0.15, -0.1) is 0 Å². The first-order valence-corrected chi connectivity index (χ1v) is 10.4. The molecule has 0 bridgehead atoms. The number of methoxy groups -OCH3 is 1. The molecule has 2 aromatic rings. The van der Waals surface area contributed by atoms with Crippen LogP contribution < -0.4 is 5.32 Å². The van der Waals surface area contributed by atoms with E-state index in [0.29, 0.717) is 12.8 Å². The number of esters is 1. The third-order valence-electron chi connectivity index (χ3n) is 4.76. The number of hydrogen-bond acceptors (Lipinski definition) is 5. The van der Waals surface area contributed by atoms with Crippen LogP contribution in [0.1, 0.15) is 30.9 Å². The molecule has 2 rings (SSSR count). The van der Waals surface area contributed by atoms with Crippen LogP contribution in [0, 0.1) is 0 Å². The second-order valence-corrected chi connectivity index (χ2v) is 7.62. The molecule has 1 amide bonds. The third-order valence-corrected chi connectivity index (χ3v) is 5.90. The maximum Gasteiger partial charge on any atom is 0.328 e. The van der Waals surface area contributed by atoms with Gasteiger partial charge in [0, 0.05) is 12.2 Å². The summed E-state index contributed by atoms with van der Waals surface area (Å²) in [5.41, 5.74) is 0.336. The summed E-state index contributed by atoms with van der Waals surface area (Å²) < 4.78 is 4.81. The summed E-state index contributed by atoms with van der Waals surface area (Å²) in [6, 6.07) is 18.3. The molecule has 0 aliphatic rings. The Morgan fingerprint density at radius 3 is 1.93 bits per heavy atom. The molecule has 0 saturated carbocycles. The number of nitrogens with one attached hydrogen (secondary N) is 1. The Balaban J connectivity index is 2.35. The Hall–Kier alpha value is -2.31. The van der Waals surface area contributed by atoms with Gasteiger partial charge in [0.25, 0.3) is 0 Å². The van der Waals surface area contributed by atoms with Gasteiger partial charge in [-0.2, -0.15) is 11.8 Å². The zero-order valence-electron chi connectivity index (χ0n) is 16.4. The molecule has 0 aliphatic carbocycles. The number of carbonyl (C=O) groups excluding carboxylic acids is 2. The van der Waals surface area contributed by atoms with E-state index in [4.69, 9.17) is 4.74 Å². The van der Waals surface area contributed by atoms with E-state index >= 15 is 0 Å². The van der Waals surface area contributed by atoms with E-state index < -0.39 is 17.6 Å². The number of ether oxygens (including phenoxy) is 1. The third kappa shape index (κ3) is 5.14. The Morgan fingerprint density at radius 1 is 1.04 bits per heavy atom. The largest absolute Gasteiger partial charge is 0.467 e. The number of thioether (sulfide) groups is 1. The van der Waals surface area contributed by atoms with Gasteiger partial charge in [0.2, 0.25) is 5.91 Å². The zero-order valence-corrected chi connectivity index (χ0v) is 17.2. The molecule has 0 spiro atoms. The van der Waals surface area contributed by atoms with Gasteiger partial charge in [0.1, 0.15) is 11.6 Å². The van der Waals surface area contributed by atoms with Crippen molar-refractivity contribution < 1.29 is 19.4 Å². The summed E-state index contributed by atoms with van der Waals surface area (Å²) in [7, 11) is 1.30. The highest BCUT2D eigenvalue weighted by Gasteiger charge is 2.40. The average Bonchev–Trinajstić information content (AvgIpc) is 2.73. The summed E-state index contributed by atoms with van der Waals surface area (Å²) in [6.45, 7) is 1.37. The molecular weight excluding hydrogens is 374 g/mol. The SMILES string of the molecule is COC(=O)C(CCC(SC)C(O)(c1ccccc1)c1ccccc1)NC(C)=O. The van der Waals surface area contributed by atoms with Crippen LogP contribution in [0.4, 0.5) is 0 Å². The van der Waals surface area contributed by atoms with Gasteiger partial charge in [0.05, 0.1) is 7.11 Å². The maximum atomic E-state index is 12.0. The van der Waals surface area contributed by atoms with Crippen molar-refractivity contribution in [2.45, 2.75) is 36.7 Å². The molecule has 150 valence electrons. The molecule has 0 fully saturated rings. The maximum absolute atomic E-state index is 12.0. The van der Waals surface area contributed by atoms with Crippen LogP contribution in [0.25, 0.3) is 0 Å². The van der Waals surface area contributed by atoms with E-state index in [9.17, 15) is 14.7 Å². The fraction of sp³-hybridized carbons (Fsp3) is 0.364. The van der Waals surface area contributed by atoms with E-state index in [1.165, 1.54) is 25.8 Å². The van der Waals surface area contributed by atoms with Crippen LogP contribution in [-0.4, -0.2) is 41.6 Å². The van der Waals surface area contributed by atoms with Crippen molar-refractivity contribution in [1.82, 2.24) is 5.32 Å². The number of aliphatic hydroxyl groups is 1. The normalized spacial score (nSPS) is 13.4. The van der Waals surface area contributed by atoms with Gasteiger partial charge in [0.15, 0.2) is 0 Å². The van der Waals surface area contributed by atoms with Crippen molar-refractivity contribution in [2.24, 2.45) is 0 Å². The molecule has 0 aromatic heterocycles. The molecule has 5 nitrogen and oxygen atoms in total. The lowest BCUT2D eigenvalue weighted by atomic mass is 9.81. The molecule has 6 heteroatoms. The Morgan fingerprint density at radius 2 is 1.54 bits per heavy atom. The van der Waals surface area contributed by atoms with Gasteiger partial charge in [-0.3, -0.25) is 4.79 Å². The van der Waals surface area contributed by atoms with Crippen LogP contribution in [0.5, 0.6) is 0 Å². The molecule has 2 atom stereocenters. The molecular formula is C22H27NO4S. The lowest BCUT2D eigenvalue weighted by Crippen LogP contribution is -2.43. The lowest BCUT2D eigenvalue weighted by Gasteiger charge is -2.37. The zero-order chi connectivity index (χ0) is 20.6. The van der Waals surface area contributed by atoms with E-state index in [1.54, 1.807) is 0 Å². The minimum absolute atomic E-state index is 0.238. The smallest absolute Gasteiger partial charge is 0.328 e. The van der Waals surface area contributed by atoms with Crippen LogP contribution >= 0.6 is 11.8 Å². The highest BCUT2D eigenvalue weighted by atomic mass is 32.2. The number of rotatable bonds is 9. The summed E-state index contributed by atoms with van der Waals surface area (Å²) >= 11 is 1.53. The van der Waals surface area contributed by atoms with Crippen molar-refractivity contribution in [3.63, 3.8) is 0 Å². The Kier molecular flexibility index (Phi) is 8.08. The molecule has 2 N–H and O–H groups in total. The van der Waals surface area contributed by atoms with E-state index in [2.05, 4.69) is 5.32 Å². The van der Waals surface area contributed by atoms with E-state index in [-0.39, 0.29) is 11.2 Å². The van der Waals surface area contributed by atoms with E-state index in [0.717, 1.165) is 11.1 Å². The number of carbonyl (C=O) groups is 2. The first kappa shape index (κ1) is 22.0. The summed E-state index contributed by atoms with van der Waals surface area (Å²) in [4.78, 5) is 23.5. The van der Waals surface area contributed by atoms with Gasteiger partial charge < -0.3 is 15.2 Å². The topological polar surface area (TPSA) is 75.6 Å². The first-order valence-electron chi connectivity index (χ1n) is 9.14. The minimum Gasteiger partial charge on any atom is -0.467 e. The number of amides is 1. The molecule has 0 saturated heterocycles. The average molecular weight is 402 g/mol. The molecule has 2 unspecified atom stereocenters. The molecule has 0 heterocycles. The highest BCUT2D eigenvalue weighted by molar-refractivity contribution is 7.99. The summed E-state index contributed by atoms with van der Waals surface area (Å²) in [6.07, 6.45) is 2.80. The van der Waals surface area contributed by atoms with Crippen LogP contribution in [0.2, 0.25) is 0 Å². The van der Waals surface area contributed by atoms with Crippen LogP contribution in [0.3, 0.4) is 0 Å².